The Labute approximate surface area is 102 Å². The molecule has 2 aromatic rings. The summed E-state index contributed by atoms with van der Waals surface area (Å²) in [4.78, 5) is 15.7. The molecule has 5 nitrogen and oxygen atoms in total. The summed E-state index contributed by atoms with van der Waals surface area (Å²) in [5, 5.41) is 13.6. The van der Waals surface area contributed by atoms with E-state index in [-0.39, 0.29) is 0 Å². The Hall–Kier alpha value is -1.69. The van der Waals surface area contributed by atoms with E-state index in [4.69, 9.17) is 9.63 Å². The molecule has 0 radical (unpaired) electrons. The molecule has 0 atom stereocenters. The van der Waals surface area contributed by atoms with Gasteiger partial charge in [-0.05, 0) is 20.3 Å². The van der Waals surface area contributed by atoms with Gasteiger partial charge in [0.2, 0.25) is 0 Å². The van der Waals surface area contributed by atoms with Crippen molar-refractivity contribution >= 4 is 17.3 Å². The van der Waals surface area contributed by atoms with Crippen LogP contribution in [0.15, 0.2) is 4.52 Å². The van der Waals surface area contributed by atoms with Gasteiger partial charge in [-0.1, -0.05) is 12.1 Å². The van der Waals surface area contributed by atoms with E-state index in [0.29, 0.717) is 27.8 Å². The highest BCUT2D eigenvalue weighted by Crippen LogP contribution is 2.32. The monoisotopic (exact) mass is 252 g/mol. The number of rotatable bonds is 3. The molecule has 0 aliphatic carbocycles. The Morgan fingerprint density at radius 3 is 2.59 bits per heavy atom. The van der Waals surface area contributed by atoms with Crippen molar-refractivity contribution in [2.45, 2.75) is 27.2 Å². The van der Waals surface area contributed by atoms with Gasteiger partial charge in [0.1, 0.15) is 15.6 Å². The number of thiazole rings is 1. The average Bonchev–Trinajstić information content (AvgIpc) is 2.82. The predicted octanol–water partition coefficient (Wildman–Crippen LogP) is 2.68. The predicted molar refractivity (Wildman–Crippen MR) is 63.4 cm³/mol. The fourth-order valence-electron chi connectivity index (χ4n) is 1.65. The van der Waals surface area contributed by atoms with Gasteiger partial charge in [-0.25, -0.2) is 9.78 Å². The third-order valence-corrected chi connectivity index (χ3v) is 3.58. The summed E-state index contributed by atoms with van der Waals surface area (Å²) in [5.74, 6) is -0.270. The van der Waals surface area contributed by atoms with Gasteiger partial charge in [-0.15, -0.1) is 11.3 Å². The Kier molecular flexibility index (Phi) is 2.97. The lowest BCUT2D eigenvalue weighted by Gasteiger charge is -1.91. The highest BCUT2D eigenvalue weighted by atomic mass is 32.1. The maximum atomic E-state index is 11.1. The minimum absolute atomic E-state index is 0.294. The number of carbonyl (C=O) groups is 1. The van der Waals surface area contributed by atoms with Crippen molar-refractivity contribution in [2.24, 2.45) is 0 Å². The molecule has 0 saturated heterocycles. The average molecular weight is 252 g/mol. The molecule has 0 aliphatic rings. The summed E-state index contributed by atoms with van der Waals surface area (Å²) in [6, 6.07) is 0. The molecule has 0 fully saturated rings. The van der Waals surface area contributed by atoms with Gasteiger partial charge < -0.3 is 9.63 Å². The van der Waals surface area contributed by atoms with Crippen LogP contribution < -0.4 is 0 Å². The van der Waals surface area contributed by atoms with Crippen molar-refractivity contribution in [3.8, 4) is 10.6 Å². The second-order valence-electron chi connectivity index (χ2n) is 3.65. The Bertz CT molecular complexity index is 552. The minimum Gasteiger partial charge on any atom is -0.477 e. The van der Waals surface area contributed by atoms with Crippen LogP contribution in [0.4, 0.5) is 0 Å². The van der Waals surface area contributed by atoms with E-state index in [1.807, 2.05) is 13.8 Å². The second kappa shape index (κ2) is 4.29. The zero-order valence-corrected chi connectivity index (χ0v) is 10.6. The minimum atomic E-state index is -0.933. The van der Waals surface area contributed by atoms with Crippen molar-refractivity contribution in [3.05, 3.63) is 22.0 Å². The van der Waals surface area contributed by atoms with E-state index >= 15 is 0 Å². The molecule has 17 heavy (non-hydrogen) atoms. The molecule has 90 valence electrons. The largest absolute Gasteiger partial charge is 0.477 e. The molecular formula is C11H12N2O3S. The number of carboxylic acid groups (broad SMARTS) is 1. The van der Waals surface area contributed by atoms with Crippen molar-refractivity contribution < 1.29 is 14.4 Å². The molecule has 1 N–H and O–H groups in total. The molecule has 2 aromatic heterocycles. The van der Waals surface area contributed by atoms with E-state index in [1.165, 1.54) is 11.3 Å². The number of aromatic nitrogens is 2. The Morgan fingerprint density at radius 1 is 1.47 bits per heavy atom. The smallest absolute Gasteiger partial charge is 0.347 e. The number of hydrogen-bond donors (Lipinski definition) is 1. The fraction of sp³-hybridized carbons (Fsp3) is 0.364. The van der Waals surface area contributed by atoms with E-state index in [2.05, 4.69) is 10.1 Å². The van der Waals surface area contributed by atoms with Crippen LogP contribution in [0.1, 0.15) is 33.7 Å². The van der Waals surface area contributed by atoms with Crippen LogP contribution in [0.25, 0.3) is 10.6 Å². The van der Waals surface area contributed by atoms with Crippen LogP contribution in [0.3, 0.4) is 0 Å². The van der Waals surface area contributed by atoms with Crippen LogP contribution in [-0.4, -0.2) is 21.2 Å². The first-order valence-corrected chi connectivity index (χ1v) is 6.02. The van der Waals surface area contributed by atoms with Crippen LogP contribution in [0.5, 0.6) is 0 Å². The van der Waals surface area contributed by atoms with Crippen LogP contribution in [0, 0.1) is 13.8 Å². The molecule has 0 spiro atoms. The van der Waals surface area contributed by atoms with Gasteiger partial charge in [-0.3, -0.25) is 0 Å². The Balaban J connectivity index is 2.58. The third-order valence-electron chi connectivity index (χ3n) is 2.47. The molecular weight excluding hydrogens is 240 g/mol. The van der Waals surface area contributed by atoms with Gasteiger partial charge in [0, 0.05) is 0 Å². The van der Waals surface area contributed by atoms with Gasteiger partial charge in [0.15, 0.2) is 0 Å². The lowest BCUT2D eigenvalue weighted by atomic mass is 10.2. The third kappa shape index (κ3) is 1.95. The molecule has 0 amide bonds. The number of aromatic carboxylic acids is 1. The van der Waals surface area contributed by atoms with Crippen LogP contribution in [0.2, 0.25) is 0 Å². The summed E-state index contributed by atoms with van der Waals surface area (Å²) >= 11 is 1.17. The van der Waals surface area contributed by atoms with E-state index in [1.54, 1.807) is 6.92 Å². The van der Waals surface area contributed by atoms with E-state index in [9.17, 15) is 4.79 Å². The molecule has 0 bridgehead atoms. The highest BCUT2D eigenvalue weighted by Gasteiger charge is 2.21. The van der Waals surface area contributed by atoms with Crippen LogP contribution in [-0.2, 0) is 6.42 Å². The number of aryl methyl sites for hydroxylation is 3. The SMILES string of the molecule is CCc1nc(-c2c(C)noc2C)sc1C(=O)O. The standard InChI is InChI=1S/C11H12N2O3S/c1-4-7-9(11(14)15)17-10(12-7)8-5(2)13-16-6(8)3/h4H2,1-3H3,(H,14,15). The van der Waals surface area contributed by atoms with E-state index in [0.717, 1.165) is 11.3 Å². The normalized spacial score (nSPS) is 10.8. The summed E-state index contributed by atoms with van der Waals surface area (Å²) < 4.78 is 5.06. The highest BCUT2D eigenvalue weighted by molar-refractivity contribution is 7.17. The maximum absolute atomic E-state index is 11.1. The van der Waals surface area contributed by atoms with Crippen molar-refractivity contribution in [1.82, 2.24) is 10.1 Å². The fourth-order valence-corrected chi connectivity index (χ4v) is 2.79. The molecule has 0 aliphatic heterocycles. The summed E-state index contributed by atoms with van der Waals surface area (Å²) in [7, 11) is 0. The van der Waals surface area contributed by atoms with Crippen molar-refractivity contribution in [1.29, 1.82) is 0 Å². The summed E-state index contributed by atoms with van der Waals surface area (Å²) in [5.41, 5.74) is 2.14. The molecule has 2 heterocycles. The molecule has 0 unspecified atom stereocenters. The van der Waals surface area contributed by atoms with Gasteiger partial charge >= 0.3 is 5.97 Å². The molecule has 2 rings (SSSR count). The zero-order valence-electron chi connectivity index (χ0n) is 9.77. The number of hydrogen-bond acceptors (Lipinski definition) is 5. The summed E-state index contributed by atoms with van der Waals surface area (Å²) in [6.45, 7) is 5.50. The second-order valence-corrected chi connectivity index (χ2v) is 4.65. The first-order valence-electron chi connectivity index (χ1n) is 5.20. The van der Waals surface area contributed by atoms with Gasteiger partial charge in [-0.2, -0.15) is 0 Å². The first kappa shape index (κ1) is 11.8. The van der Waals surface area contributed by atoms with Crippen molar-refractivity contribution in [2.75, 3.05) is 0 Å². The number of nitrogens with zero attached hydrogens (tertiary/aromatic N) is 2. The van der Waals surface area contributed by atoms with Gasteiger partial charge in [0.25, 0.3) is 0 Å². The maximum Gasteiger partial charge on any atom is 0.347 e. The summed E-state index contributed by atoms with van der Waals surface area (Å²) in [6.07, 6.45) is 0.599. The van der Waals surface area contributed by atoms with Crippen molar-refractivity contribution in [3.63, 3.8) is 0 Å². The van der Waals surface area contributed by atoms with Gasteiger partial charge in [0.05, 0.1) is 17.0 Å². The zero-order chi connectivity index (χ0) is 12.6. The quantitative estimate of drug-likeness (QED) is 0.908. The molecule has 0 saturated carbocycles. The number of carboxylic acids is 1. The molecule has 6 heteroatoms. The van der Waals surface area contributed by atoms with E-state index < -0.39 is 5.97 Å². The first-order chi connectivity index (χ1) is 8.04. The lowest BCUT2D eigenvalue weighted by Crippen LogP contribution is -1.97. The van der Waals surface area contributed by atoms with Crippen LogP contribution >= 0.6 is 11.3 Å². The lowest BCUT2D eigenvalue weighted by molar-refractivity contribution is 0.0701. The topological polar surface area (TPSA) is 76.2 Å². The Morgan fingerprint density at radius 2 is 2.18 bits per heavy atom. The molecule has 0 aromatic carbocycles.